The number of nitrogens with zero attached hydrogens (tertiary/aromatic N) is 2. The summed E-state index contributed by atoms with van der Waals surface area (Å²) < 4.78 is 13.2. The number of carbonyl (C=O) groups is 2. The summed E-state index contributed by atoms with van der Waals surface area (Å²) in [5.41, 5.74) is 1.90. The van der Waals surface area contributed by atoms with Gasteiger partial charge in [0.2, 0.25) is 11.8 Å². The number of carboxylic acids is 1. The van der Waals surface area contributed by atoms with E-state index in [2.05, 4.69) is 10.4 Å². The second-order valence-corrected chi connectivity index (χ2v) is 8.82. The lowest BCUT2D eigenvalue weighted by molar-refractivity contribution is -0.124. The third kappa shape index (κ3) is 6.43. The molecule has 4 rings (SSSR count). The van der Waals surface area contributed by atoms with Gasteiger partial charge in [0, 0.05) is 11.6 Å². The van der Waals surface area contributed by atoms with Crippen LogP contribution < -0.4 is 10.1 Å². The minimum atomic E-state index is -1.17. The normalized spacial score (nSPS) is 18.1. The van der Waals surface area contributed by atoms with Crippen LogP contribution in [0.4, 0.5) is 0 Å². The standard InChI is InChI=1S/C24H27N3O5S/c28-22(25-19-8-4-5-9-21(19)31-14-17-6-2-1-3-7-17)13-27-23(12-20(26-27)24(29)30)32-15-18-10-11-33-16-18/h1-3,6-7,10-12,16,19,21H,4-5,8-9,13-15H2,(H,25,28)(H,29,30). The van der Waals surface area contributed by atoms with Crippen LogP contribution in [0.1, 0.15) is 47.3 Å². The second-order valence-electron chi connectivity index (χ2n) is 8.04. The molecule has 2 N–H and O–H groups in total. The van der Waals surface area contributed by atoms with E-state index < -0.39 is 5.97 Å². The number of carbonyl (C=O) groups excluding carboxylic acids is 1. The van der Waals surface area contributed by atoms with E-state index in [4.69, 9.17) is 9.47 Å². The van der Waals surface area contributed by atoms with Crippen molar-refractivity contribution in [2.24, 2.45) is 0 Å². The van der Waals surface area contributed by atoms with E-state index in [1.165, 1.54) is 10.7 Å². The van der Waals surface area contributed by atoms with Crippen molar-refractivity contribution in [3.63, 3.8) is 0 Å². The summed E-state index contributed by atoms with van der Waals surface area (Å²) >= 11 is 1.55. The van der Waals surface area contributed by atoms with Crippen molar-refractivity contribution in [3.8, 4) is 5.88 Å². The minimum absolute atomic E-state index is 0.0654. The predicted molar refractivity (Wildman–Crippen MR) is 123 cm³/mol. The van der Waals surface area contributed by atoms with Crippen LogP contribution in [0.2, 0.25) is 0 Å². The molecule has 0 radical (unpaired) electrons. The first kappa shape index (κ1) is 23.0. The Morgan fingerprint density at radius 3 is 2.70 bits per heavy atom. The van der Waals surface area contributed by atoms with Crippen LogP contribution >= 0.6 is 11.3 Å². The van der Waals surface area contributed by atoms with E-state index in [1.54, 1.807) is 11.3 Å². The molecular weight excluding hydrogens is 442 g/mol. The van der Waals surface area contributed by atoms with Crippen molar-refractivity contribution in [1.82, 2.24) is 15.1 Å². The summed E-state index contributed by atoms with van der Waals surface area (Å²) in [5.74, 6) is -1.18. The Bertz CT molecular complexity index is 1050. The molecule has 174 valence electrons. The predicted octanol–water partition coefficient (Wildman–Crippen LogP) is 3.87. The van der Waals surface area contributed by atoms with Gasteiger partial charge in [0.1, 0.15) is 13.2 Å². The van der Waals surface area contributed by atoms with E-state index in [9.17, 15) is 14.7 Å². The van der Waals surface area contributed by atoms with Gasteiger partial charge in [-0.15, -0.1) is 0 Å². The SMILES string of the molecule is O=C(Cn1nc(C(=O)O)cc1OCc1ccsc1)NC1CCCCC1OCc1ccccc1. The van der Waals surface area contributed by atoms with Crippen molar-refractivity contribution >= 4 is 23.2 Å². The Morgan fingerprint density at radius 2 is 1.94 bits per heavy atom. The lowest BCUT2D eigenvalue weighted by atomic mass is 9.92. The number of ether oxygens (including phenoxy) is 2. The number of nitrogens with one attached hydrogen (secondary N) is 1. The molecule has 2 heterocycles. The molecule has 1 aliphatic rings. The van der Waals surface area contributed by atoms with Gasteiger partial charge in [0.05, 0.1) is 18.8 Å². The monoisotopic (exact) mass is 469 g/mol. The fourth-order valence-corrected chi connectivity index (χ4v) is 4.55. The number of hydrogen-bond donors (Lipinski definition) is 2. The Labute approximate surface area is 196 Å². The van der Waals surface area contributed by atoms with E-state index >= 15 is 0 Å². The third-order valence-electron chi connectivity index (χ3n) is 5.58. The number of amides is 1. The summed E-state index contributed by atoms with van der Waals surface area (Å²) in [6.07, 6.45) is 3.75. The minimum Gasteiger partial charge on any atom is -0.476 e. The molecule has 8 nitrogen and oxygen atoms in total. The van der Waals surface area contributed by atoms with E-state index in [0.29, 0.717) is 6.61 Å². The highest BCUT2D eigenvalue weighted by Crippen LogP contribution is 2.23. The molecule has 1 saturated carbocycles. The number of aromatic nitrogens is 2. The molecule has 1 amide bonds. The first-order valence-electron chi connectivity index (χ1n) is 11.0. The Hall–Kier alpha value is -3.17. The lowest BCUT2D eigenvalue weighted by Crippen LogP contribution is -2.47. The van der Waals surface area contributed by atoms with Crippen LogP contribution in [0.5, 0.6) is 5.88 Å². The van der Waals surface area contributed by atoms with Crippen molar-refractivity contribution in [3.05, 3.63) is 70.0 Å². The topological polar surface area (TPSA) is 103 Å². The van der Waals surface area contributed by atoms with E-state index in [0.717, 1.165) is 36.8 Å². The fourth-order valence-electron chi connectivity index (χ4n) is 3.89. The van der Waals surface area contributed by atoms with Crippen molar-refractivity contribution in [1.29, 1.82) is 0 Å². The van der Waals surface area contributed by atoms with Gasteiger partial charge in [-0.05, 0) is 35.2 Å². The van der Waals surface area contributed by atoms with Crippen LogP contribution in [-0.4, -0.2) is 38.9 Å². The number of carboxylic acid groups (broad SMARTS) is 1. The average molecular weight is 470 g/mol. The average Bonchev–Trinajstić information content (AvgIpc) is 3.48. The number of aromatic carboxylic acids is 1. The molecule has 0 bridgehead atoms. The molecule has 0 saturated heterocycles. The fraction of sp³-hybridized carbons (Fsp3) is 0.375. The highest BCUT2D eigenvalue weighted by atomic mass is 32.1. The molecule has 3 aromatic rings. The van der Waals surface area contributed by atoms with Crippen LogP contribution in [0.25, 0.3) is 0 Å². The van der Waals surface area contributed by atoms with Gasteiger partial charge >= 0.3 is 5.97 Å². The molecule has 1 aromatic carbocycles. The smallest absolute Gasteiger partial charge is 0.356 e. The zero-order valence-electron chi connectivity index (χ0n) is 18.2. The van der Waals surface area contributed by atoms with Crippen LogP contribution in [0.15, 0.2) is 53.2 Å². The summed E-state index contributed by atoms with van der Waals surface area (Å²) in [6.45, 7) is 0.641. The van der Waals surface area contributed by atoms with Gasteiger partial charge in [0.25, 0.3) is 0 Å². The van der Waals surface area contributed by atoms with Gasteiger partial charge in [-0.3, -0.25) is 4.79 Å². The Morgan fingerprint density at radius 1 is 1.12 bits per heavy atom. The maximum atomic E-state index is 12.8. The molecule has 0 spiro atoms. The van der Waals surface area contributed by atoms with Crippen LogP contribution in [-0.2, 0) is 29.3 Å². The molecule has 2 atom stereocenters. The second kappa shape index (κ2) is 11.1. The Balaban J connectivity index is 1.37. The highest BCUT2D eigenvalue weighted by Gasteiger charge is 2.28. The maximum Gasteiger partial charge on any atom is 0.356 e. The lowest BCUT2D eigenvalue weighted by Gasteiger charge is -2.32. The molecular formula is C24H27N3O5S. The molecule has 1 aliphatic carbocycles. The highest BCUT2D eigenvalue weighted by molar-refractivity contribution is 7.07. The quantitative estimate of drug-likeness (QED) is 0.467. The third-order valence-corrected chi connectivity index (χ3v) is 6.31. The van der Waals surface area contributed by atoms with E-state index in [1.807, 2.05) is 47.2 Å². The largest absolute Gasteiger partial charge is 0.476 e. The number of hydrogen-bond acceptors (Lipinski definition) is 6. The van der Waals surface area contributed by atoms with Crippen molar-refractivity contribution in [2.75, 3.05) is 0 Å². The molecule has 2 unspecified atom stereocenters. The molecule has 2 aromatic heterocycles. The van der Waals surface area contributed by atoms with Gasteiger partial charge in [-0.25, -0.2) is 9.48 Å². The summed E-state index contributed by atoms with van der Waals surface area (Å²) in [5, 5.41) is 20.3. The molecule has 33 heavy (non-hydrogen) atoms. The van der Waals surface area contributed by atoms with Crippen LogP contribution in [0.3, 0.4) is 0 Å². The van der Waals surface area contributed by atoms with Gasteiger partial charge in [-0.1, -0.05) is 43.2 Å². The summed E-state index contributed by atoms with van der Waals surface area (Å²) in [7, 11) is 0. The Kier molecular flexibility index (Phi) is 7.74. The number of rotatable bonds is 10. The van der Waals surface area contributed by atoms with Crippen molar-refractivity contribution in [2.45, 2.75) is 57.6 Å². The molecule has 9 heteroatoms. The van der Waals surface area contributed by atoms with E-state index in [-0.39, 0.29) is 42.8 Å². The van der Waals surface area contributed by atoms with Gasteiger partial charge in [0.15, 0.2) is 5.69 Å². The number of benzene rings is 1. The van der Waals surface area contributed by atoms with Gasteiger partial charge < -0.3 is 19.9 Å². The molecule has 0 aliphatic heterocycles. The van der Waals surface area contributed by atoms with Gasteiger partial charge in [-0.2, -0.15) is 16.4 Å². The zero-order valence-corrected chi connectivity index (χ0v) is 19.0. The zero-order chi connectivity index (χ0) is 23.0. The summed E-state index contributed by atoms with van der Waals surface area (Å²) in [6, 6.07) is 13.1. The van der Waals surface area contributed by atoms with Crippen LogP contribution in [0, 0.1) is 0 Å². The first-order valence-corrected chi connectivity index (χ1v) is 11.9. The number of thiophene rings is 1. The summed E-state index contributed by atoms with van der Waals surface area (Å²) in [4.78, 5) is 24.2. The first-order chi connectivity index (χ1) is 16.1. The van der Waals surface area contributed by atoms with Crippen molar-refractivity contribution < 1.29 is 24.2 Å². The molecule has 1 fully saturated rings. The maximum absolute atomic E-state index is 12.8.